The van der Waals surface area contributed by atoms with E-state index in [1.165, 1.54) is 6.07 Å². The fourth-order valence-electron chi connectivity index (χ4n) is 4.65. The number of aryl methyl sites for hydroxylation is 1. The van der Waals surface area contributed by atoms with E-state index in [1.807, 2.05) is 47.5 Å². The van der Waals surface area contributed by atoms with Crippen LogP contribution in [0.25, 0.3) is 5.69 Å². The van der Waals surface area contributed by atoms with Crippen molar-refractivity contribution in [1.29, 1.82) is 0 Å². The Morgan fingerprint density at radius 3 is 2.61 bits per heavy atom. The van der Waals surface area contributed by atoms with Crippen molar-refractivity contribution in [3.63, 3.8) is 0 Å². The van der Waals surface area contributed by atoms with Crippen molar-refractivity contribution < 1.29 is 9.18 Å². The van der Waals surface area contributed by atoms with E-state index in [1.54, 1.807) is 24.4 Å². The zero-order valence-corrected chi connectivity index (χ0v) is 20.6. The number of anilines is 1. The maximum Gasteiger partial charge on any atom is 0.226 e. The maximum absolute atomic E-state index is 14.0. The number of amides is 1. The highest BCUT2D eigenvalue weighted by atomic mass is 32.1. The predicted molar refractivity (Wildman–Crippen MR) is 142 cm³/mol. The third-order valence-electron chi connectivity index (χ3n) is 6.38. The molecule has 0 saturated carbocycles. The van der Waals surface area contributed by atoms with Crippen LogP contribution in [0, 0.1) is 12.7 Å². The quantitative estimate of drug-likeness (QED) is 0.337. The molecular weight excluding hydrogens is 473 g/mol. The zero-order chi connectivity index (χ0) is 25.1. The molecule has 0 aliphatic carbocycles. The Morgan fingerprint density at radius 1 is 1.06 bits per heavy atom. The molecule has 6 nitrogen and oxygen atoms in total. The van der Waals surface area contributed by atoms with Gasteiger partial charge in [-0.3, -0.25) is 9.78 Å². The number of benzene rings is 2. The number of carbonyl (C=O) groups is 1. The average Bonchev–Trinajstić information content (AvgIpc) is 3.49. The molecule has 1 aliphatic rings. The molecule has 2 N–H and O–H groups in total. The molecular formula is C28H26FN5OS. The molecule has 1 saturated heterocycles. The number of rotatable bonds is 7. The number of thiocarbonyl (C=S) groups is 1. The summed E-state index contributed by atoms with van der Waals surface area (Å²) in [5.74, 6) is -0.745. The molecule has 1 aliphatic heterocycles. The van der Waals surface area contributed by atoms with E-state index < -0.39 is 5.82 Å². The highest BCUT2D eigenvalue weighted by molar-refractivity contribution is 7.80. The lowest BCUT2D eigenvalue weighted by Gasteiger charge is -2.29. The lowest BCUT2D eigenvalue weighted by Crippen LogP contribution is -2.33. The van der Waals surface area contributed by atoms with Crippen molar-refractivity contribution in [2.45, 2.75) is 25.4 Å². The van der Waals surface area contributed by atoms with E-state index in [-0.39, 0.29) is 30.1 Å². The van der Waals surface area contributed by atoms with Crippen LogP contribution >= 0.6 is 12.2 Å². The topological polar surface area (TPSA) is 62.2 Å². The minimum Gasteiger partial charge on any atom is -0.352 e. The number of hydrogen-bond donors (Lipinski definition) is 2. The smallest absolute Gasteiger partial charge is 0.226 e. The van der Waals surface area contributed by atoms with Crippen LogP contribution in [0.4, 0.5) is 10.1 Å². The van der Waals surface area contributed by atoms with Gasteiger partial charge in [0.2, 0.25) is 5.91 Å². The van der Waals surface area contributed by atoms with Gasteiger partial charge in [0.05, 0.1) is 23.5 Å². The first kappa shape index (κ1) is 23.7. The van der Waals surface area contributed by atoms with Crippen molar-refractivity contribution in [3.05, 3.63) is 114 Å². The third kappa shape index (κ3) is 4.72. The Morgan fingerprint density at radius 2 is 1.83 bits per heavy atom. The summed E-state index contributed by atoms with van der Waals surface area (Å²) in [6.07, 6.45) is 3.95. The second kappa shape index (κ2) is 10.3. The minimum absolute atomic E-state index is 0.146. The number of carbonyl (C=O) groups excluding carboxylic acids is 1. The number of aromatic nitrogens is 2. The third-order valence-corrected chi connectivity index (χ3v) is 6.74. The molecule has 2 atom stereocenters. The van der Waals surface area contributed by atoms with Crippen LogP contribution in [0.3, 0.4) is 0 Å². The van der Waals surface area contributed by atoms with Crippen molar-refractivity contribution in [2.75, 3.05) is 11.9 Å². The molecule has 36 heavy (non-hydrogen) atoms. The Labute approximate surface area is 214 Å². The number of para-hydroxylation sites is 2. The van der Waals surface area contributed by atoms with Crippen LogP contribution in [0.2, 0.25) is 0 Å². The van der Waals surface area contributed by atoms with Gasteiger partial charge in [-0.2, -0.15) is 0 Å². The van der Waals surface area contributed by atoms with Gasteiger partial charge in [0.25, 0.3) is 0 Å². The summed E-state index contributed by atoms with van der Waals surface area (Å²) in [5.41, 5.74) is 4.28. The summed E-state index contributed by atoms with van der Waals surface area (Å²) in [5, 5.41) is 6.64. The number of hydrogen-bond acceptors (Lipinski definition) is 3. The first-order chi connectivity index (χ1) is 17.5. The van der Waals surface area contributed by atoms with Crippen LogP contribution in [0.5, 0.6) is 0 Å². The Hall–Kier alpha value is -4.04. The second-order valence-corrected chi connectivity index (χ2v) is 9.07. The molecule has 0 spiro atoms. The first-order valence-electron chi connectivity index (χ1n) is 11.8. The number of nitrogens with zero attached hydrogens (tertiary/aromatic N) is 3. The molecule has 1 fully saturated rings. The summed E-state index contributed by atoms with van der Waals surface area (Å²) in [4.78, 5) is 19.3. The van der Waals surface area contributed by atoms with Gasteiger partial charge in [-0.15, -0.1) is 0 Å². The van der Waals surface area contributed by atoms with Crippen LogP contribution < -0.4 is 10.6 Å². The van der Waals surface area contributed by atoms with Gasteiger partial charge in [-0.1, -0.05) is 36.4 Å². The summed E-state index contributed by atoms with van der Waals surface area (Å²) in [6, 6.07) is 23.8. The van der Waals surface area contributed by atoms with Crippen molar-refractivity contribution >= 4 is 28.9 Å². The Balaban J connectivity index is 1.46. The highest BCUT2D eigenvalue weighted by Crippen LogP contribution is 2.39. The SMILES string of the molecule is Cc1ccccc1-n1cccc1[C@@H]1[C@H](c2ccccn2)NC(=S)N1CCC(=O)Nc1ccccc1F. The van der Waals surface area contributed by atoms with E-state index in [0.29, 0.717) is 11.7 Å². The maximum atomic E-state index is 14.0. The van der Waals surface area contributed by atoms with Gasteiger partial charge in [0.15, 0.2) is 5.11 Å². The molecule has 1 amide bonds. The van der Waals surface area contributed by atoms with Crippen LogP contribution in [0.1, 0.15) is 35.5 Å². The molecule has 3 heterocycles. The Kier molecular flexibility index (Phi) is 6.77. The van der Waals surface area contributed by atoms with Gasteiger partial charge < -0.3 is 20.1 Å². The van der Waals surface area contributed by atoms with Gasteiger partial charge in [-0.05, 0) is 67.2 Å². The van der Waals surface area contributed by atoms with Crippen molar-refractivity contribution in [3.8, 4) is 5.69 Å². The van der Waals surface area contributed by atoms with E-state index in [4.69, 9.17) is 12.2 Å². The van der Waals surface area contributed by atoms with Gasteiger partial charge in [0, 0.05) is 36.7 Å². The molecule has 8 heteroatoms. The number of nitrogens with one attached hydrogen (secondary N) is 2. The molecule has 5 rings (SSSR count). The average molecular weight is 500 g/mol. The lowest BCUT2D eigenvalue weighted by molar-refractivity contribution is -0.116. The second-order valence-electron chi connectivity index (χ2n) is 8.69. The number of pyridine rings is 1. The lowest BCUT2D eigenvalue weighted by atomic mass is 10.0. The predicted octanol–water partition coefficient (Wildman–Crippen LogP) is 5.32. The monoisotopic (exact) mass is 499 g/mol. The molecule has 0 radical (unpaired) electrons. The molecule has 2 aromatic heterocycles. The van der Waals surface area contributed by atoms with Crippen LogP contribution in [-0.2, 0) is 4.79 Å². The first-order valence-corrected chi connectivity index (χ1v) is 12.2. The molecule has 4 aromatic rings. The zero-order valence-electron chi connectivity index (χ0n) is 19.8. The normalized spacial score (nSPS) is 17.2. The van der Waals surface area contributed by atoms with Crippen molar-refractivity contribution in [2.24, 2.45) is 0 Å². The Bertz CT molecular complexity index is 1390. The van der Waals surface area contributed by atoms with E-state index in [9.17, 15) is 9.18 Å². The summed E-state index contributed by atoms with van der Waals surface area (Å²) >= 11 is 5.74. The standard InChI is InChI=1S/C28H26FN5OS/c1-19-9-2-5-13-23(19)33-17-8-14-24(33)27-26(22-12-6-7-16-30-22)32-28(36)34(27)18-15-25(35)31-21-11-4-3-10-20(21)29/h2-14,16-17,26-27H,15,18H2,1H3,(H,31,35)(H,32,36)/t26-,27+/m0/s1. The molecule has 2 aromatic carbocycles. The largest absolute Gasteiger partial charge is 0.352 e. The number of halogens is 1. The van der Waals surface area contributed by atoms with Gasteiger partial charge in [0.1, 0.15) is 5.82 Å². The summed E-state index contributed by atoms with van der Waals surface area (Å²) in [7, 11) is 0. The molecule has 182 valence electrons. The van der Waals surface area contributed by atoms with Crippen LogP contribution in [-0.4, -0.2) is 32.0 Å². The minimum atomic E-state index is -0.464. The van der Waals surface area contributed by atoms with Crippen LogP contribution in [0.15, 0.2) is 91.3 Å². The van der Waals surface area contributed by atoms with Crippen molar-refractivity contribution in [1.82, 2.24) is 19.8 Å². The van der Waals surface area contributed by atoms with Gasteiger partial charge >= 0.3 is 0 Å². The van der Waals surface area contributed by atoms with Gasteiger partial charge in [-0.25, -0.2) is 4.39 Å². The fourth-order valence-corrected chi connectivity index (χ4v) is 4.99. The highest BCUT2D eigenvalue weighted by Gasteiger charge is 2.41. The van der Waals surface area contributed by atoms with E-state index >= 15 is 0 Å². The fraction of sp³-hybridized carbons (Fsp3) is 0.179. The van der Waals surface area contributed by atoms with E-state index in [2.05, 4.69) is 45.3 Å². The summed E-state index contributed by atoms with van der Waals surface area (Å²) < 4.78 is 16.2. The molecule has 0 unspecified atom stereocenters. The summed E-state index contributed by atoms with van der Waals surface area (Å²) in [6.45, 7) is 2.44. The van der Waals surface area contributed by atoms with E-state index in [0.717, 1.165) is 22.6 Å². The molecule has 0 bridgehead atoms.